The number of fused-ring (bicyclic) bond motifs is 2. The van der Waals surface area contributed by atoms with Crippen molar-refractivity contribution < 1.29 is 0 Å². The van der Waals surface area contributed by atoms with Gasteiger partial charge in [0.2, 0.25) is 9.92 Å². The van der Waals surface area contributed by atoms with Gasteiger partial charge in [0.05, 0.1) is 10.0 Å². The van der Waals surface area contributed by atoms with Crippen LogP contribution in [0.4, 0.5) is 0 Å². The van der Waals surface area contributed by atoms with Crippen LogP contribution in [0, 0.1) is 0 Å². The summed E-state index contributed by atoms with van der Waals surface area (Å²) in [6, 6.07) is 15.2. The van der Waals surface area contributed by atoms with Gasteiger partial charge in [-0.15, -0.1) is 20.4 Å². The second-order valence-corrected chi connectivity index (χ2v) is 10.5. The minimum absolute atomic E-state index is 0.633. The molecule has 0 aliphatic rings. The molecule has 0 aliphatic carbocycles. The van der Waals surface area contributed by atoms with Gasteiger partial charge in [0.25, 0.3) is 0 Å². The van der Waals surface area contributed by atoms with Crippen molar-refractivity contribution in [1.82, 2.24) is 39.6 Å². The predicted octanol–water partition coefficient (Wildman–Crippen LogP) is 5.89. The highest BCUT2D eigenvalue weighted by molar-refractivity contribution is 7.17. The van der Waals surface area contributed by atoms with Gasteiger partial charge in [0, 0.05) is 24.0 Å². The van der Waals surface area contributed by atoms with Crippen LogP contribution in [-0.4, -0.2) is 39.6 Å². The first-order valence-electron chi connectivity index (χ1n) is 10.6. The lowest BCUT2D eigenvalue weighted by atomic mass is 10.2. The quantitative estimate of drug-likeness (QED) is 0.241. The van der Waals surface area contributed by atoms with Crippen LogP contribution in [0.3, 0.4) is 0 Å². The fourth-order valence-corrected chi connectivity index (χ4v) is 5.88. The zero-order valence-electron chi connectivity index (χ0n) is 17.6. The third kappa shape index (κ3) is 3.96. The second kappa shape index (κ2) is 9.03. The summed E-state index contributed by atoms with van der Waals surface area (Å²) in [5, 5.41) is 29.8. The molecule has 6 aromatic rings. The van der Waals surface area contributed by atoms with Crippen LogP contribution in [0.25, 0.3) is 32.7 Å². The number of unbranched alkanes of at least 4 members (excludes halogenated alkanes) is 1. The van der Waals surface area contributed by atoms with Crippen molar-refractivity contribution in [2.45, 2.75) is 25.7 Å². The summed E-state index contributed by atoms with van der Waals surface area (Å²) in [5.74, 6) is 1.33. The minimum Gasteiger partial charge on any atom is -0.183 e. The maximum atomic E-state index is 6.33. The standard InChI is InChI=1S/C22H16Cl2N8S2/c23-15-9-3-1-7-13(15)19-25-27-21-31(19)29-17(33-21)11-5-6-12-18-30-32-20(26-28-22(32)34-18)14-8-2-4-10-16(14)24/h1-4,7-10H,5-6,11-12H2. The Bertz CT molecular complexity index is 1500. The third-order valence-electron chi connectivity index (χ3n) is 5.33. The smallest absolute Gasteiger partial charge is 0.183 e. The van der Waals surface area contributed by atoms with E-state index in [1.807, 2.05) is 48.5 Å². The first kappa shape index (κ1) is 21.6. The van der Waals surface area contributed by atoms with E-state index in [0.717, 1.165) is 56.7 Å². The number of rotatable bonds is 7. The van der Waals surface area contributed by atoms with E-state index in [-0.39, 0.29) is 0 Å². The molecule has 0 bridgehead atoms. The number of hydrogen-bond acceptors (Lipinski definition) is 8. The molecule has 34 heavy (non-hydrogen) atoms. The molecular formula is C22H16Cl2N8S2. The Kier molecular flexibility index (Phi) is 5.74. The molecule has 0 fully saturated rings. The molecule has 0 saturated carbocycles. The molecule has 2 aromatic carbocycles. The molecule has 6 rings (SSSR count). The van der Waals surface area contributed by atoms with Gasteiger partial charge < -0.3 is 0 Å². The highest BCUT2D eigenvalue weighted by Gasteiger charge is 2.17. The minimum atomic E-state index is 0.633. The highest BCUT2D eigenvalue weighted by Crippen LogP contribution is 2.29. The van der Waals surface area contributed by atoms with E-state index in [2.05, 4.69) is 20.4 Å². The zero-order valence-corrected chi connectivity index (χ0v) is 20.7. The SMILES string of the molecule is Clc1ccccc1-c1nnc2sc(CCCCc3nn4c(-c5ccccc5Cl)nnc4s3)nn12. The van der Waals surface area contributed by atoms with E-state index in [1.165, 1.54) is 0 Å². The molecule has 4 aromatic heterocycles. The molecule has 0 radical (unpaired) electrons. The van der Waals surface area contributed by atoms with Gasteiger partial charge in [0.1, 0.15) is 10.0 Å². The molecule has 12 heteroatoms. The summed E-state index contributed by atoms with van der Waals surface area (Å²) >= 11 is 15.8. The Hall–Kier alpha value is -2.92. The molecule has 0 spiro atoms. The number of nitrogens with zero attached hydrogens (tertiary/aromatic N) is 8. The van der Waals surface area contributed by atoms with Crippen molar-refractivity contribution in [3.8, 4) is 22.8 Å². The van der Waals surface area contributed by atoms with Crippen LogP contribution in [0.1, 0.15) is 22.9 Å². The molecule has 0 amide bonds. The Balaban J connectivity index is 1.12. The number of hydrogen-bond donors (Lipinski definition) is 0. The lowest BCUT2D eigenvalue weighted by molar-refractivity contribution is 0.710. The van der Waals surface area contributed by atoms with Crippen LogP contribution in [0.15, 0.2) is 48.5 Å². The molecule has 0 atom stereocenters. The summed E-state index contributed by atoms with van der Waals surface area (Å²) in [6.45, 7) is 0. The number of benzene rings is 2. The summed E-state index contributed by atoms with van der Waals surface area (Å²) in [7, 11) is 0. The van der Waals surface area contributed by atoms with Crippen LogP contribution in [0.2, 0.25) is 10.0 Å². The fourth-order valence-electron chi connectivity index (χ4n) is 3.69. The fraction of sp³-hybridized carbons (Fsp3) is 0.182. The van der Waals surface area contributed by atoms with Gasteiger partial charge in [-0.3, -0.25) is 0 Å². The van der Waals surface area contributed by atoms with E-state index in [1.54, 1.807) is 31.7 Å². The number of halogens is 2. The number of aryl methyl sites for hydroxylation is 2. The maximum absolute atomic E-state index is 6.33. The molecule has 0 N–H and O–H groups in total. The van der Waals surface area contributed by atoms with Crippen molar-refractivity contribution in [2.24, 2.45) is 0 Å². The molecule has 0 aliphatic heterocycles. The van der Waals surface area contributed by atoms with Crippen molar-refractivity contribution >= 4 is 55.8 Å². The highest BCUT2D eigenvalue weighted by atomic mass is 35.5. The Morgan fingerprint density at radius 3 is 1.50 bits per heavy atom. The molecular weight excluding hydrogens is 511 g/mol. The van der Waals surface area contributed by atoms with Crippen molar-refractivity contribution in [3.63, 3.8) is 0 Å². The van der Waals surface area contributed by atoms with Crippen LogP contribution >= 0.6 is 45.9 Å². The van der Waals surface area contributed by atoms with Crippen molar-refractivity contribution in [2.75, 3.05) is 0 Å². The van der Waals surface area contributed by atoms with Gasteiger partial charge >= 0.3 is 0 Å². The molecule has 170 valence electrons. The zero-order chi connectivity index (χ0) is 23.1. The van der Waals surface area contributed by atoms with E-state index in [0.29, 0.717) is 21.7 Å². The largest absolute Gasteiger partial charge is 0.234 e. The summed E-state index contributed by atoms with van der Waals surface area (Å²) in [6.07, 6.45) is 3.71. The van der Waals surface area contributed by atoms with Gasteiger partial charge in [-0.25, -0.2) is 0 Å². The third-order valence-corrected chi connectivity index (χ3v) is 7.90. The lowest BCUT2D eigenvalue weighted by Crippen LogP contribution is -1.95. The van der Waals surface area contributed by atoms with Gasteiger partial charge in [-0.05, 0) is 37.1 Å². The average Bonchev–Trinajstić information content (AvgIpc) is 3.59. The van der Waals surface area contributed by atoms with Gasteiger partial charge in [0.15, 0.2) is 11.6 Å². The maximum Gasteiger partial charge on any atom is 0.234 e. The molecule has 8 nitrogen and oxygen atoms in total. The van der Waals surface area contributed by atoms with Gasteiger partial charge in [-0.2, -0.15) is 19.2 Å². The first-order chi connectivity index (χ1) is 16.7. The summed E-state index contributed by atoms with van der Waals surface area (Å²) < 4.78 is 3.56. The van der Waals surface area contributed by atoms with Crippen LogP contribution in [0.5, 0.6) is 0 Å². The van der Waals surface area contributed by atoms with Gasteiger partial charge in [-0.1, -0.05) is 70.1 Å². The lowest BCUT2D eigenvalue weighted by Gasteiger charge is -2.00. The van der Waals surface area contributed by atoms with Crippen molar-refractivity contribution in [1.29, 1.82) is 0 Å². The van der Waals surface area contributed by atoms with E-state index in [4.69, 9.17) is 33.4 Å². The number of aromatic nitrogens is 8. The van der Waals surface area contributed by atoms with E-state index in [9.17, 15) is 0 Å². The molecule has 4 heterocycles. The molecule has 0 unspecified atom stereocenters. The van der Waals surface area contributed by atoms with Crippen LogP contribution < -0.4 is 0 Å². The van der Waals surface area contributed by atoms with E-state index >= 15 is 0 Å². The first-order valence-corrected chi connectivity index (χ1v) is 13.0. The monoisotopic (exact) mass is 526 g/mol. The molecule has 0 saturated heterocycles. The Morgan fingerprint density at radius 2 is 1.06 bits per heavy atom. The Labute approximate surface area is 211 Å². The van der Waals surface area contributed by atoms with Crippen LogP contribution in [-0.2, 0) is 12.8 Å². The average molecular weight is 527 g/mol. The topological polar surface area (TPSA) is 86.2 Å². The second-order valence-electron chi connectivity index (χ2n) is 7.59. The summed E-state index contributed by atoms with van der Waals surface area (Å²) in [4.78, 5) is 1.54. The summed E-state index contributed by atoms with van der Waals surface area (Å²) in [5.41, 5.74) is 1.65. The Morgan fingerprint density at radius 1 is 0.618 bits per heavy atom. The van der Waals surface area contributed by atoms with E-state index < -0.39 is 0 Å². The normalized spacial score (nSPS) is 11.7. The predicted molar refractivity (Wildman–Crippen MR) is 135 cm³/mol. The van der Waals surface area contributed by atoms with Crippen molar-refractivity contribution in [3.05, 3.63) is 68.6 Å².